The number of sulfonamides is 1. The number of nitrogens with one attached hydrogen (secondary N) is 1. The molecule has 1 saturated heterocycles. The quantitative estimate of drug-likeness (QED) is 0.802. The van der Waals surface area contributed by atoms with Crippen molar-refractivity contribution >= 4 is 21.6 Å². The van der Waals surface area contributed by atoms with Gasteiger partial charge in [0, 0.05) is 56.7 Å². The molecule has 1 aliphatic heterocycles. The van der Waals surface area contributed by atoms with Crippen LogP contribution < -0.4 is 10.9 Å². The zero-order valence-corrected chi connectivity index (χ0v) is 16.8. The smallest absolute Gasteiger partial charge is 0.255 e. The Kier molecular flexibility index (Phi) is 5.97. The third-order valence-electron chi connectivity index (χ3n) is 4.87. The van der Waals surface area contributed by atoms with Crippen LogP contribution in [0.25, 0.3) is 0 Å². The first-order chi connectivity index (χ1) is 13.3. The van der Waals surface area contributed by atoms with Gasteiger partial charge in [0.15, 0.2) is 0 Å². The van der Waals surface area contributed by atoms with Gasteiger partial charge >= 0.3 is 0 Å². The van der Waals surface area contributed by atoms with Crippen molar-refractivity contribution in [1.82, 2.24) is 13.8 Å². The summed E-state index contributed by atoms with van der Waals surface area (Å²) >= 11 is 0. The number of piperazine rings is 1. The molecule has 1 fully saturated rings. The van der Waals surface area contributed by atoms with Gasteiger partial charge in [0.25, 0.3) is 11.5 Å². The highest BCUT2D eigenvalue weighted by molar-refractivity contribution is 7.89. The molecule has 1 aromatic carbocycles. The average Bonchev–Trinajstić information content (AvgIpc) is 2.70. The Balaban J connectivity index is 1.77. The molecule has 3 rings (SSSR count). The molecule has 1 amide bonds. The van der Waals surface area contributed by atoms with E-state index >= 15 is 0 Å². The Hall–Kier alpha value is -2.49. The number of carbonyl (C=O) groups is 1. The van der Waals surface area contributed by atoms with Crippen LogP contribution in [0.4, 0.5) is 5.69 Å². The Morgan fingerprint density at radius 2 is 1.82 bits per heavy atom. The van der Waals surface area contributed by atoms with Gasteiger partial charge in [-0.3, -0.25) is 9.59 Å². The third kappa shape index (κ3) is 4.32. The summed E-state index contributed by atoms with van der Waals surface area (Å²) in [6, 6.07) is 8.95. The SMILES string of the molecule is CCN1CCN(S(=O)(=O)c2cccc(NC(=O)c3ccn(C)c(=O)c3)c2)CC1. The molecule has 150 valence electrons. The zero-order chi connectivity index (χ0) is 20.3. The van der Waals surface area contributed by atoms with E-state index in [-0.39, 0.29) is 16.0 Å². The van der Waals surface area contributed by atoms with Gasteiger partial charge < -0.3 is 14.8 Å². The molecule has 0 radical (unpaired) electrons. The van der Waals surface area contributed by atoms with Crippen molar-refractivity contribution in [3.63, 3.8) is 0 Å². The minimum absolute atomic E-state index is 0.138. The number of hydrogen-bond donors (Lipinski definition) is 1. The molecule has 1 N–H and O–H groups in total. The van der Waals surface area contributed by atoms with Gasteiger partial charge in [-0.2, -0.15) is 4.31 Å². The highest BCUT2D eigenvalue weighted by Gasteiger charge is 2.28. The van der Waals surface area contributed by atoms with E-state index in [9.17, 15) is 18.0 Å². The Bertz CT molecular complexity index is 1020. The standard InChI is InChI=1S/C19H24N4O4S/c1-3-22-9-11-23(12-10-22)28(26,27)17-6-4-5-16(14-17)20-19(25)15-7-8-21(2)18(24)13-15/h4-8,13-14H,3,9-12H2,1-2H3,(H,20,25). The molecule has 0 atom stereocenters. The van der Waals surface area contributed by atoms with E-state index in [4.69, 9.17) is 0 Å². The summed E-state index contributed by atoms with van der Waals surface area (Å²) in [5.41, 5.74) is 0.279. The van der Waals surface area contributed by atoms with Crippen molar-refractivity contribution in [3.8, 4) is 0 Å². The number of pyridine rings is 1. The molecule has 9 heteroatoms. The minimum atomic E-state index is -3.63. The first kappa shape index (κ1) is 20.2. The van der Waals surface area contributed by atoms with Crippen LogP contribution in [0.5, 0.6) is 0 Å². The lowest BCUT2D eigenvalue weighted by Gasteiger charge is -2.33. The van der Waals surface area contributed by atoms with E-state index in [2.05, 4.69) is 17.1 Å². The van der Waals surface area contributed by atoms with E-state index in [1.807, 2.05) is 0 Å². The van der Waals surface area contributed by atoms with E-state index < -0.39 is 15.9 Å². The molecule has 1 aromatic heterocycles. The summed E-state index contributed by atoms with van der Waals surface area (Å²) in [6.45, 7) is 5.25. The van der Waals surface area contributed by atoms with Gasteiger partial charge in [-0.15, -0.1) is 0 Å². The first-order valence-corrected chi connectivity index (χ1v) is 10.6. The normalized spacial score (nSPS) is 16.1. The lowest BCUT2D eigenvalue weighted by Crippen LogP contribution is -2.48. The minimum Gasteiger partial charge on any atom is -0.322 e. The number of amides is 1. The van der Waals surface area contributed by atoms with Crippen LogP contribution in [-0.4, -0.2) is 60.8 Å². The number of aryl methyl sites for hydroxylation is 1. The summed E-state index contributed by atoms with van der Waals surface area (Å²) in [5, 5.41) is 2.66. The van der Waals surface area contributed by atoms with Gasteiger partial charge in [0.05, 0.1) is 4.90 Å². The monoisotopic (exact) mass is 404 g/mol. The number of nitrogens with zero attached hydrogens (tertiary/aromatic N) is 3. The lowest BCUT2D eigenvalue weighted by atomic mass is 10.2. The molecule has 0 unspecified atom stereocenters. The van der Waals surface area contributed by atoms with Gasteiger partial charge in [-0.05, 0) is 30.8 Å². The van der Waals surface area contributed by atoms with E-state index in [1.54, 1.807) is 19.2 Å². The number of benzene rings is 1. The number of anilines is 1. The van der Waals surface area contributed by atoms with Crippen molar-refractivity contribution in [2.24, 2.45) is 7.05 Å². The van der Waals surface area contributed by atoms with Crippen molar-refractivity contribution in [2.45, 2.75) is 11.8 Å². The van der Waals surface area contributed by atoms with E-state index in [0.717, 1.165) is 6.54 Å². The molecule has 0 saturated carbocycles. The van der Waals surface area contributed by atoms with Crippen molar-refractivity contribution in [1.29, 1.82) is 0 Å². The summed E-state index contributed by atoms with van der Waals surface area (Å²) in [7, 11) is -2.03. The van der Waals surface area contributed by atoms with Gasteiger partial charge in [-0.1, -0.05) is 13.0 Å². The fraction of sp³-hybridized carbons (Fsp3) is 0.368. The van der Waals surface area contributed by atoms with E-state index in [1.165, 1.54) is 39.3 Å². The molecule has 8 nitrogen and oxygen atoms in total. The lowest BCUT2D eigenvalue weighted by molar-refractivity contribution is 0.102. The van der Waals surface area contributed by atoms with Crippen LogP contribution >= 0.6 is 0 Å². The summed E-state index contributed by atoms with van der Waals surface area (Å²) in [6.07, 6.45) is 1.51. The van der Waals surface area contributed by atoms with Gasteiger partial charge in [0.2, 0.25) is 10.0 Å². The summed E-state index contributed by atoms with van der Waals surface area (Å²) in [4.78, 5) is 26.4. The van der Waals surface area contributed by atoms with Crippen molar-refractivity contribution in [3.05, 3.63) is 58.5 Å². The van der Waals surface area contributed by atoms with Crippen LogP contribution in [0.2, 0.25) is 0 Å². The van der Waals surface area contributed by atoms with Crippen LogP contribution in [0, 0.1) is 0 Å². The second kappa shape index (κ2) is 8.26. The highest BCUT2D eigenvalue weighted by atomic mass is 32.2. The number of aromatic nitrogens is 1. The van der Waals surface area contributed by atoms with Crippen LogP contribution in [0.15, 0.2) is 52.3 Å². The fourth-order valence-electron chi connectivity index (χ4n) is 3.06. The Labute approximate surface area is 164 Å². The molecular formula is C19H24N4O4S. The highest BCUT2D eigenvalue weighted by Crippen LogP contribution is 2.21. The molecule has 1 aliphatic rings. The second-order valence-corrected chi connectivity index (χ2v) is 8.62. The number of hydrogen-bond acceptors (Lipinski definition) is 5. The predicted molar refractivity (Wildman–Crippen MR) is 107 cm³/mol. The molecule has 0 bridgehead atoms. The summed E-state index contributed by atoms with van der Waals surface area (Å²) < 4.78 is 28.7. The second-order valence-electron chi connectivity index (χ2n) is 6.68. The maximum Gasteiger partial charge on any atom is 0.255 e. The topological polar surface area (TPSA) is 91.7 Å². The van der Waals surface area contributed by atoms with Crippen molar-refractivity contribution < 1.29 is 13.2 Å². The Morgan fingerprint density at radius 1 is 1.11 bits per heavy atom. The molecule has 0 aliphatic carbocycles. The van der Waals surface area contributed by atoms with Crippen LogP contribution in [0.1, 0.15) is 17.3 Å². The molecule has 2 aromatic rings. The molecule has 0 spiro atoms. The summed E-state index contributed by atoms with van der Waals surface area (Å²) in [5.74, 6) is -0.469. The van der Waals surface area contributed by atoms with Gasteiger partial charge in [0.1, 0.15) is 0 Å². The number of rotatable bonds is 5. The van der Waals surface area contributed by atoms with Crippen LogP contribution in [-0.2, 0) is 17.1 Å². The Morgan fingerprint density at radius 3 is 2.46 bits per heavy atom. The fourth-order valence-corrected chi connectivity index (χ4v) is 4.53. The van der Waals surface area contributed by atoms with Gasteiger partial charge in [-0.25, -0.2) is 8.42 Å². The zero-order valence-electron chi connectivity index (χ0n) is 16.0. The third-order valence-corrected chi connectivity index (χ3v) is 6.77. The van der Waals surface area contributed by atoms with E-state index in [0.29, 0.717) is 31.9 Å². The predicted octanol–water partition coefficient (Wildman–Crippen LogP) is 0.964. The molecule has 2 heterocycles. The van der Waals surface area contributed by atoms with Crippen molar-refractivity contribution in [2.75, 3.05) is 38.0 Å². The largest absolute Gasteiger partial charge is 0.322 e. The average molecular weight is 404 g/mol. The maximum atomic E-state index is 12.9. The number of likely N-dealkylation sites (N-methyl/N-ethyl adjacent to an activating group) is 1. The molecular weight excluding hydrogens is 380 g/mol. The number of carbonyl (C=O) groups excluding carboxylic acids is 1. The maximum absolute atomic E-state index is 12.9. The first-order valence-electron chi connectivity index (χ1n) is 9.12. The van der Waals surface area contributed by atoms with Crippen LogP contribution in [0.3, 0.4) is 0 Å². The molecule has 28 heavy (non-hydrogen) atoms.